The van der Waals surface area contributed by atoms with Gasteiger partial charge >= 0.3 is 11.9 Å². The van der Waals surface area contributed by atoms with Gasteiger partial charge < -0.3 is 15.2 Å². The van der Waals surface area contributed by atoms with Crippen LogP contribution in [0.3, 0.4) is 0 Å². The highest BCUT2D eigenvalue weighted by Crippen LogP contribution is 2.34. The van der Waals surface area contributed by atoms with Crippen molar-refractivity contribution in [2.45, 2.75) is 5.92 Å². The number of carboxylic acids is 1. The van der Waals surface area contributed by atoms with E-state index in [1.54, 1.807) is 24.3 Å². The molecule has 1 atom stereocenters. The number of hydrogen-bond acceptors (Lipinski definition) is 4. The lowest BCUT2D eigenvalue weighted by Gasteiger charge is -2.23. The van der Waals surface area contributed by atoms with Gasteiger partial charge in [-0.15, -0.1) is 0 Å². The Kier molecular flexibility index (Phi) is 4.10. The van der Waals surface area contributed by atoms with Gasteiger partial charge in [-0.2, -0.15) is 0 Å². The van der Waals surface area contributed by atoms with Crippen LogP contribution in [0.5, 0.6) is 0 Å². The fourth-order valence-electron chi connectivity index (χ4n) is 2.05. The normalized spacial score (nSPS) is 17.6. The quantitative estimate of drug-likeness (QED) is 0.834. The Labute approximate surface area is 120 Å². The Bertz CT molecular complexity index is 604. The molecule has 1 aromatic carbocycles. The zero-order valence-electron chi connectivity index (χ0n) is 10.6. The second kappa shape index (κ2) is 5.79. The van der Waals surface area contributed by atoms with Crippen molar-refractivity contribution in [3.05, 3.63) is 58.4 Å². The van der Waals surface area contributed by atoms with Crippen LogP contribution in [0.15, 0.2) is 47.8 Å². The van der Waals surface area contributed by atoms with Crippen LogP contribution in [-0.2, 0) is 14.3 Å². The first-order valence-electron chi connectivity index (χ1n) is 5.78. The van der Waals surface area contributed by atoms with E-state index >= 15 is 0 Å². The lowest BCUT2D eigenvalue weighted by molar-refractivity contribution is -0.136. The van der Waals surface area contributed by atoms with E-state index in [1.807, 2.05) is 0 Å². The Morgan fingerprint density at radius 2 is 1.80 bits per heavy atom. The van der Waals surface area contributed by atoms with E-state index in [4.69, 9.17) is 16.3 Å². The summed E-state index contributed by atoms with van der Waals surface area (Å²) in [5.74, 6) is -2.38. The second-order valence-electron chi connectivity index (χ2n) is 4.15. The van der Waals surface area contributed by atoms with Crippen LogP contribution in [0.1, 0.15) is 11.5 Å². The van der Waals surface area contributed by atoms with Crippen molar-refractivity contribution in [1.29, 1.82) is 0 Å². The summed E-state index contributed by atoms with van der Waals surface area (Å²) in [4.78, 5) is 23.2. The molecule has 6 heteroatoms. The van der Waals surface area contributed by atoms with Gasteiger partial charge in [-0.05, 0) is 17.7 Å². The van der Waals surface area contributed by atoms with E-state index in [1.165, 1.54) is 19.5 Å². The lowest BCUT2D eigenvalue weighted by atomic mass is 9.84. The number of carbonyl (C=O) groups is 2. The standard InChI is InChI=1S/C14H12ClNO4/c1-20-14(19)11-7-16-6-10(13(17)18)12(11)8-2-4-9(15)5-3-8/h2-7,12,16H,1H3,(H,17,18). The number of hydrogen-bond donors (Lipinski definition) is 2. The summed E-state index contributed by atoms with van der Waals surface area (Å²) in [6, 6.07) is 6.67. The molecule has 20 heavy (non-hydrogen) atoms. The number of carboxylic acid groups (broad SMARTS) is 1. The van der Waals surface area contributed by atoms with Crippen LogP contribution in [-0.4, -0.2) is 24.2 Å². The molecule has 2 N–H and O–H groups in total. The molecule has 0 radical (unpaired) electrons. The maximum absolute atomic E-state index is 11.8. The first kappa shape index (κ1) is 14.1. The number of halogens is 1. The summed E-state index contributed by atoms with van der Waals surface area (Å²) in [5, 5.41) is 12.5. The number of dihydropyridines is 1. The highest BCUT2D eigenvalue weighted by Gasteiger charge is 2.32. The van der Waals surface area contributed by atoms with E-state index < -0.39 is 17.9 Å². The van der Waals surface area contributed by atoms with Crippen molar-refractivity contribution < 1.29 is 19.4 Å². The third kappa shape index (κ3) is 2.67. The molecule has 0 fully saturated rings. The zero-order valence-corrected chi connectivity index (χ0v) is 11.3. The molecular formula is C14H12ClNO4. The SMILES string of the molecule is COC(=O)C1=CNC=C(C(=O)O)C1c1ccc(Cl)cc1. The minimum atomic E-state index is -1.10. The maximum Gasteiger partial charge on any atom is 0.336 e. The molecule has 0 aromatic heterocycles. The number of ether oxygens (including phenoxy) is 1. The molecule has 0 saturated carbocycles. The third-order valence-electron chi connectivity index (χ3n) is 2.97. The van der Waals surface area contributed by atoms with Gasteiger partial charge in [-0.1, -0.05) is 23.7 Å². The Balaban J connectivity index is 2.49. The van der Waals surface area contributed by atoms with Gasteiger partial charge in [-0.3, -0.25) is 0 Å². The number of benzene rings is 1. The molecule has 1 aromatic rings. The van der Waals surface area contributed by atoms with Gasteiger partial charge in [0, 0.05) is 17.4 Å². The molecular weight excluding hydrogens is 282 g/mol. The fourth-order valence-corrected chi connectivity index (χ4v) is 2.18. The Morgan fingerprint density at radius 1 is 1.20 bits per heavy atom. The van der Waals surface area contributed by atoms with Crippen LogP contribution in [0.25, 0.3) is 0 Å². The molecule has 0 bridgehead atoms. The minimum Gasteiger partial charge on any atom is -0.478 e. The van der Waals surface area contributed by atoms with Crippen molar-refractivity contribution in [3.63, 3.8) is 0 Å². The first-order valence-corrected chi connectivity index (χ1v) is 6.15. The summed E-state index contributed by atoms with van der Waals surface area (Å²) in [6.45, 7) is 0. The van der Waals surface area contributed by atoms with E-state index in [2.05, 4.69) is 5.32 Å². The van der Waals surface area contributed by atoms with Crippen LogP contribution in [0.2, 0.25) is 5.02 Å². The Morgan fingerprint density at radius 3 is 2.35 bits per heavy atom. The van der Waals surface area contributed by atoms with Crippen molar-refractivity contribution in [3.8, 4) is 0 Å². The number of methoxy groups -OCH3 is 1. The molecule has 0 aliphatic carbocycles. The molecule has 1 unspecified atom stereocenters. The molecule has 0 amide bonds. The molecule has 5 nitrogen and oxygen atoms in total. The monoisotopic (exact) mass is 293 g/mol. The minimum absolute atomic E-state index is 0.0650. The molecule has 2 rings (SSSR count). The molecule has 1 heterocycles. The third-order valence-corrected chi connectivity index (χ3v) is 3.22. The summed E-state index contributed by atoms with van der Waals surface area (Å²) in [7, 11) is 1.25. The average molecular weight is 294 g/mol. The molecule has 1 aliphatic heterocycles. The first-order chi connectivity index (χ1) is 9.54. The average Bonchev–Trinajstić information content (AvgIpc) is 2.46. The van der Waals surface area contributed by atoms with Gasteiger partial charge in [0.15, 0.2) is 0 Å². The van der Waals surface area contributed by atoms with Gasteiger partial charge in [-0.25, -0.2) is 9.59 Å². The number of rotatable bonds is 3. The van der Waals surface area contributed by atoms with Crippen LogP contribution in [0, 0.1) is 0 Å². The topological polar surface area (TPSA) is 75.6 Å². The number of nitrogens with one attached hydrogen (secondary N) is 1. The van der Waals surface area contributed by atoms with Crippen LogP contribution in [0.4, 0.5) is 0 Å². The predicted octanol–water partition coefficient (Wildman–Crippen LogP) is 2.05. The highest BCUT2D eigenvalue weighted by atomic mass is 35.5. The van der Waals surface area contributed by atoms with Gasteiger partial charge in [0.05, 0.1) is 24.2 Å². The summed E-state index contributed by atoms with van der Waals surface area (Å²) in [5.41, 5.74) is 0.950. The van der Waals surface area contributed by atoms with Crippen LogP contribution >= 0.6 is 11.6 Å². The lowest BCUT2D eigenvalue weighted by Crippen LogP contribution is -2.25. The predicted molar refractivity (Wildman–Crippen MR) is 73.1 cm³/mol. The zero-order chi connectivity index (χ0) is 14.7. The van der Waals surface area contributed by atoms with Gasteiger partial charge in [0.1, 0.15) is 0 Å². The Hall–Kier alpha value is -2.27. The summed E-state index contributed by atoms with van der Waals surface area (Å²) in [6.07, 6.45) is 2.80. The number of carbonyl (C=O) groups excluding carboxylic acids is 1. The number of esters is 1. The molecule has 104 valence electrons. The smallest absolute Gasteiger partial charge is 0.336 e. The maximum atomic E-state index is 11.8. The van der Waals surface area contributed by atoms with E-state index in [0.717, 1.165) is 0 Å². The largest absolute Gasteiger partial charge is 0.478 e. The van der Waals surface area contributed by atoms with Crippen molar-refractivity contribution >= 4 is 23.5 Å². The number of aliphatic carboxylic acids is 1. The molecule has 0 saturated heterocycles. The van der Waals surface area contributed by atoms with Gasteiger partial charge in [0.2, 0.25) is 0 Å². The summed E-state index contributed by atoms with van der Waals surface area (Å²) < 4.78 is 4.70. The molecule has 1 aliphatic rings. The fraction of sp³-hybridized carbons (Fsp3) is 0.143. The van der Waals surface area contributed by atoms with Crippen molar-refractivity contribution in [2.75, 3.05) is 7.11 Å². The summed E-state index contributed by atoms with van der Waals surface area (Å²) >= 11 is 5.83. The highest BCUT2D eigenvalue weighted by molar-refractivity contribution is 6.30. The van der Waals surface area contributed by atoms with Gasteiger partial charge in [0.25, 0.3) is 0 Å². The van der Waals surface area contributed by atoms with Crippen LogP contribution < -0.4 is 5.32 Å². The van der Waals surface area contributed by atoms with E-state index in [9.17, 15) is 14.7 Å². The van der Waals surface area contributed by atoms with Crippen molar-refractivity contribution in [2.24, 2.45) is 0 Å². The van der Waals surface area contributed by atoms with E-state index in [0.29, 0.717) is 10.6 Å². The second-order valence-corrected chi connectivity index (χ2v) is 4.58. The van der Waals surface area contributed by atoms with E-state index in [-0.39, 0.29) is 11.1 Å². The molecule has 0 spiro atoms. The van der Waals surface area contributed by atoms with Crippen molar-refractivity contribution in [1.82, 2.24) is 5.32 Å².